The summed E-state index contributed by atoms with van der Waals surface area (Å²) in [6, 6.07) is 18.0. The molecule has 0 radical (unpaired) electrons. The van der Waals surface area contributed by atoms with Crippen LogP contribution in [0.25, 0.3) is 0 Å². The van der Waals surface area contributed by atoms with Gasteiger partial charge in [0.1, 0.15) is 0 Å². The molecule has 0 heterocycles. The normalized spacial score (nSPS) is 10.3. The Balaban J connectivity index is 1.51. The molecule has 8 nitrogen and oxygen atoms in total. The lowest BCUT2D eigenvalue weighted by Crippen LogP contribution is -2.28. The van der Waals surface area contributed by atoms with Crippen molar-refractivity contribution in [3.05, 3.63) is 82.9 Å². The van der Waals surface area contributed by atoms with Crippen LogP contribution in [0, 0.1) is 0 Å². The predicted octanol–water partition coefficient (Wildman–Crippen LogP) is 3.67. The third-order valence-corrected chi connectivity index (χ3v) is 5.68. The van der Waals surface area contributed by atoms with Gasteiger partial charge in [-0.1, -0.05) is 18.2 Å². The van der Waals surface area contributed by atoms with Gasteiger partial charge in [-0.3, -0.25) is 9.59 Å². The van der Waals surface area contributed by atoms with Gasteiger partial charge in [-0.05, 0) is 66.4 Å². The Hall–Kier alpha value is -4.20. The zero-order valence-corrected chi connectivity index (χ0v) is 21.1. The maximum atomic E-state index is 12.6. The number of hydrogen-bond acceptors (Lipinski definition) is 6. The zero-order chi connectivity index (χ0) is 25.9. The molecule has 3 aromatic rings. The third-order valence-electron chi connectivity index (χ3n) is 5.68. The fourth-order valence-corrected chi connectivity index (χ4v) is 3.72. The quantitative estimate of drug-likeness (QED) is 0.401. The van der Waals surface area contributed by atoms with Crippen molar-refractivity contribution >= 4 is 11.8 Å². The maximum absolute atomic E-state index is 12.6. The topological polar surface area (TPSA) is 95.1 Å². The average molecular weight is 493 g/mol. The largest absolute Gasteiger partial charge is 0.493 e. The second-order valence-electron chi connectivity index (χ2n) is 7.97. The first kappa shape index (κ1) is 26.4. The second kappa shape index (κ2) is 13.0. The molecule has 0 spiro atoms. The van der Waals surface area contributed by atoms with Crippen LogP contribution in [-0.4, -0.2) is 53.3 Å². The molecule has 8 heteroatoms. The van der Waals surface area contributed by atoms with E-state index in [2.05, 4.69) is 10.6 Å². The van der Waals surface area contributed by atoms with Gasteiger partial charge >= 0.3 is 0 Å². The second-order valence-corrected chi connectivity index (χ2v) is 7.97. The van der Waals surface area contributed by atoms with Gasteiger partial charge in [0.2, 0.25) is 0 Å². The Morgan fingerprint density at radius 1 is 0.583 bits per heavy atom. The molecule has 0 aliphatic carbocycles. The van der Waals surface area contributed by atoms with Crippen molar-refractivity contribution in [2.75, 3.05) is 41.5 Å². The number of methoxy groups -OCH3 is 4. The molecule has 0 unspecified atom stereocenters. The van der Waals surface area contributed by atoms with Crippen LogP contribution in [0.2, 0.25) is 0 Å². The number of carbonyl (C=O) groups is 2. The number of ether oxygens (including phenoxy) is 4. The Bertz CT molecular complexity index is 1110. The first-order valence-corrected chi connectivity index (χ1v) is 11.6. The van der Waals surface area contributed by atoms with Crippen LogP contribution in [0.3, 0.4) is 0 Å². The van der Waals surface area contributed by atoms with Gasteiger partial charge in [0.05, 0.1) is 28.4 Å². The highest BCUT2D eigenvalue weighted by molar-refractivity contribution is 5.99. The van der Waals surface area contributed by atoms with Crippen molar-refractivity contribution in [2.45, 2.75) is 12.8 Å². The first-order chi connectivity index (χ1) is 17.5. The molecule has 0 atom stereocenters. The zero-order valence-electron chi connectivity index (χ0n) is 21.1. The molecule has 3 rings (SSSR count). The predicted molar refractivity (Wildman–Crippen MR) is 138 cm³/mol. The smallest absolute Gasteiger partial charge is 0.251 e. The number of nitrogens with one attached hydrogen (secondary N) is 2. The minimum Gasteiger partial charge on any atom is -0.493 e. The number of hydrogen-bond donors (Lipinski definition) is 2. The third kappa shape index (κ3) is 6.91. The van der Waals surface area contributed by atoms with Crippen LogP contribution in [0.15, 0.2) is 60.7 Å². The molecule has 0 aromatic heterocycles. The lowest BCUT2D eigenvalue weighted by molar-refractivity contribution is 0.0953. The lowest BCUT2D eigenvalue weighted by atomic mass is 10.1. The highest BCUT2D eigenvalue weighted by Gasteiger charge is 2.11. The van der Waals surface area contributed by atoms with E-state index in [1.54, 1.807) is 52.7 Å². The Labute approximate surface area is 211 Å². The monoisotopic (exact) mass is 492 g/mol. The Morgan fingerprint density at radius 2 is 1.00 bits per heavy atom. The summed E-state index contributed by atoms with van der Waals surface area (Å²) in [5.74, 6) is 2.12. The van der Waals surface area contributed by atoms with E-state index >= 15 is 0 Å². The van der Waals surface area contributed by atoms with Crippen LogP contribution in [0.1, 0.15) is 31.8 Å². The van der Waals surface area contributed by atoms with Gasteiger partial charge < -0.3 is 29.6 Å². The van der Waals surface area contributed by atoms with E-state index in [9.17, 15) is 9.59 Å². The number of amides is 2. The molecular weight excluding hydrogens is 460 g/mol. The van der Waals surface area contributed by atoms with Gasteiger partial charge in [0.15, 0.2) is 23.0 Å². The van der Waals surface area contributed by atoms with Crippen molar-refractivity contribution in [3.63, 3.8) is 0 Å². The Morgan fingerprint density at radius 3 is 1.39 bits per heavy atom. The van der Waals surface area contributed by atoms with E-state index in [-0.39, 0.29) is 11.8 Å². The summed E-state index contributed by atoms with van der Waals surface area (Å²) in [5.41, 5.74) is 2.87. The van der Waals surface area contributed by atoms with Crippen molar-refractivity contribution in [1.82, 2.24) is 10.6 Å². The maximum Gasteiger partial charge on any atom is 0.251 e. The van der Waals surface area contributed by atoms with E-state index in [0.29, 0.717) is 60.1 Å². The van der Waals surface area contributed by atoms with Crippen LogP contribution < -0.4 is 29.6 Å². The molecule has 3 aromatic carbocycles. The molecule has 0 bridgehead atoms. The van der Waals surface area contributed by atoms with Gasteiger partial charge in [0.25, 0.3) is 11.8 Å². The molecule has 0 fully saturated rings. The highest BCUT2D eigenvalue weighted by Crippen LogP contribution is 2.28. The number of benzene rings is 3. The molecule has 2 N–H and O–H groups in total. The molecule has 0 saturated heterocycles. The van der Waals surface area contributed by atoms with Crippen LogP contribution in [-0.2, 0) is 12.8 Å². The summed E-state index contributed by atoms with van der Waals surface area (Å²) in [4.78, 5) is 25.3. The minimum atomic E-state index is -0.240. The summed E-state index contributed by atoms with van der Waals surface area (Å²) in [7, 11) is 6.35. The molecule has 190 valence electrons. The first-order valence-electron chi connectivity index (χ1n) is 11.6. The minimum absolute atomic E-state index is 0.240. The molecule has 0 saturated carbocycles. The standard InChI is InChI=1S/C28H32N2O6/c1-33-23-10-8-19(16-25(23)35-3)12-14-29-27(31)21-6-5-7-22(18-21)28(32)30-15-13-20-9-11-24(34-2)26(17-20)36-4/h5-11,16-18H,12-15H2,1-4H3,(H,29,31)(H,30,32). The molecule has 0 aliphatic heterocycles. The summed E-state index contributed by atoms with van der Waals surface area (Å²) in [6.45, 7) is 0.881. The fourth-order valence-electron chi connectivity index (χ4n) is 3.72. The van der Waals surface area contributed by atoms with E-state index in [4.69, 9.17) is 18.9 Å². The summed E-state index contributed by atoms with van der Waals surface area (Å²) in [6.07, 6.45) is 1.25. The van der Waals surface area contributed by atoms with Crippen molar-refractivity contribution in [2.24, 2.45) is 0 Å². The highest BCUT2D eigenvalue weighted by atomic mass is 16.5. The number of carbonyl (C=O) groups excluding carboxylic acids is 2. The molecular formula is C28H32N2O6. The number of rotatable bonds is 12. The Kier molecular flexibility index (Phi) is 9.56. The average Bonchev–Trinajstić information content (AvgIpc) is 2.92. The van der Waals surface area contributed by atoms with Gasteiger partial charge in [-0.25, -0.2) is 0 Å². The van der Waals surface area contributed by atoms with E-state index in [0.717, 1.165) is 11.1 Å². The summed E-state index contributed by atoms with van der Waals surface area (Å²) < 4.78 is 21.1. The van der Waals surface area contributed by atoms with Gasteiger partial charge in [0, 0.05) is 24.2 Å². The van der Waals surface area contributed by atoms with E-state index < -0.39 is 0 Å². The van der Waals surface area contributed by atoms with Crippen molar-refractivity contribution in [3.8, 4) is 23.0 Å². The van der Waals surface area contributed by atoms with Crippen molar-refractivity contribution in [1.29, 1.82) is 0 Å². The van der Waals surface area contributed by atoms with Crippen LogP contribution in [0.5, 0.6) is 23.0 Å². The lowest BCUT2D eigenvalue weighted by Gasteiger charge is -2.11. The molecule has 0 aliphatic rings. The van der Waals surface area contributed by atoms with E-state index in [1.807, 2.05) is 36.4 Å². The fraction of sp³-hybridized carbons (Fsp3) is 0.286. The molecule has 2 amide bonds. The molecule has 36 heavy (non-hydrogen) atoms. The summed E-state index contributed by atoms with van der Waals surface area (Å²) >= 11 is 0. The van der Waals surface area contributed by atoms with Crippen LogP contribution in [0.4, 0.5) is 0 Å². The van der Waals surface area contributed by atoms with Gasteiger partial charge in [-0.2, -0.15) is 0 Å². The van der Waals surface area contributed by atoms with Crippen molar-refractivity contribution < 1.29 is 28.5 Å². The van der Waals surface area contributed by atoms with E-state index in [1.165, 1.54) is 0 Å². The van der Waals surface area contributed by atoms with Crippen LogP contribution >= 0.6 is 0 Å². The van der Waals surface area contributed by atoms with Gasteiger partial charge in [-0.15, -0.1) is 0 Å². The SMILES string of the molecule is COc1ccc(CCNC(=O)c2cccc(C(=O)NCCc3ccc(OC)c(OC)c3)c2)cc1OC. The summed E-state index contributed by atoms with van der Waals surface area (Å²) in [5, 5.41) is 5.80.